The van der Waals surface area contributed by atoms with Crippen molar-refractivity contribution in [1.82, 2.24) is 9.62 Å². The van der Waals surface area contributed by atoms with Crippen molar-refractivity contribution < 1.29 is 22.3 Å². The summed E-state index contributed by atoms with van der Waals surface area (Å²) in [6.07, 6.45) is 0. The number of piperazine rings is 1. The van der Waals surface area contributed by atoms with Gasteiger partial charge in [0.15, 0.2) is 11.6 Å². The molecule has 1 N–H and O–H groups in total. The Bertz CT molecular complexity index is 889. The van der Waals surface area contributed by atoms with E-state index in [9.17, 15) is 12.8 Å². The van der Waals surface area contributed by atoms with Gasteiger partial charge in [0.2, 0.25) is 10.0 Å². The van der Waals surface area contributed by atoms with Gasteiger partial charge in [-0.2, -0.15) is 4.31 Å². The van der Waals surface area contributed by atoms with Gasteiger partial charge in [-0.05, 0) is 24.3 Å². The maximum Gasteiger partial charge on any atom is 0.243 e. The zero-order chi connectivity index (χ0) is 18.7. The van der Waals surface area contributed by atoms with Gasteiger partial charge in [-0.1, -0.05) is 18.2 Å². The van der Waals surface area contributed by atoms with Gasteiger partial charge in [-0.3, -0.25) is 0 Å². The Kier molecular flexibility index (Phi) is 5.45. The molecule has 0 amide bonds. The van der Waals surface area contributed by atoms with Crippen LogP contribution in [0.25, 0.3) is 0 Å². The molecular formula is C18H21FN2O4S. The van der Waals surface area contributed by atoms with E-state index in [1.165, 1.54) is 23.5 Å². The highest BCUT2D eigenvalue weighted by Crippen LogP contribution is 2.34. The van der Waals surface area contributed by atoms with Gasteiger partial charge in [-0.15, -0.1) is 0 Å². The quantitative estimate of drug-likeness (QED) is 0.861. The van der Waals surface area contributed by atoms with Gasteiger partial charge in [0.1, 0.15) is 5.75 Å². The molecule has 0 saturated carbocycles. The van der Waals surface area contributed by atoms with Crippen molar-refractivity contribution in [2.45, 2.75) is 10.9 Å². The van der Waals surface area contributed by atoms with Crippen LogP contribution in [0.2, 0.25) is 0 Å². The fourth-order valence-corrected chi connectivity index (χ4v) is 4.74. The van der Waals surface area contributed by atoms with Gasteiger partial charge < -0.3 is 14.8 Å². The first-order valence-electron chi connectivity index (χ1n) is 8.18. The van der Waals surface area contributed by atoms with Gasteiger partial charge in [0.25, 0.3) is 0 Å². The highest BCUT2D eigenvalue weighted by molar-refractivity contribution is 7.89. The molecule has 140 valence electrons. The maximum absolute atomic E-state index is 14.0. The zero-order valence-corrected chi connectivity index (χ0v) is 15.4. The van der Waals surface area contributed by atoms with Crippen LogP contribution in [0.3, 0.4) is 0 Å². The predicted molar refractivity (Wildman–Crippen MR) is 95.4 cm³/mol. The van der Waals surface area contributed by atoms with E-state index in [1.54, 1.807) is 13.2 Å². The molecule has 1 aliphatic heterocycles. The van der Waals surface area contributed by atoms with Crippen molar-refractivity contribution in [3.05, 3.63) is 53.8 Å². The molecule has 1 unspecified atom stereocenters. The third-order valence-electron chi connectivity index (χ3n) is 4.42. The average molecular weight is 380 g/mol. The summed E-state index contributed by atoms with van der Waals surface area (Å²) in [7, 11) is -1.01. The van der Waals surface area contributed by atoms with Crippen LogP contribution in [-0.4, -0.2) is 46.6 Å². The smallest absolute Gasteiger partial charge is 0.243 e. The normalized spacial score (nSPS) is 18.5. The molecule has 26 heavy (non-hydrogen) atoms. The fraction of sp³-hybridized carbons (Fsp3) is 0.333. The molecule has 2 aromatic carbocycles. The van der Waals surface area contributed by atoms with E-state index in [1.807, 2.05) is 18.2 Å². The van der Waals surface area contributed by atoms with Crippen molar-refractivity contribution >= 4 is 10.0 Å². The van der Waals surface area contributed by atoms with E-state index >= 15 is 0 Å². The molecule has 3 rings (SSSR count). The minimum absolute atomic E-state index is 0.00513. The molecule has 6 nitrogen and oxygen atoms in total. The molecule has 0 bridgehead atoms. The van der Waals surface area contributed by atoms with Crippen LogP contribution in [0.5, 0.6) is 11.5 Å². The molecular weight excluding hydrogens is 359 g/mol. The summed E-state index contributed by atoms with van der Waals surface area (Å²) in [5, 5.41) is 3.21. The Morgan fingerprint density at radius 2 is 1.85 bits per heavy atom. The number of para-hydroxylation sites is 1. The lowest BCUT2D eigenvalue weighted by Gasteiger charge is -2.36. The highest BCUT2D eigenvalue weighted by Gasteiger charge is 2.36. The first-order chi connectivity index (χ1) is 12.5. The molecule has 8 heteroatoms. The third kappa shape index (κ3) is 3.40. The van der Waals surface area contributed by atoms with Crippen LogP contribution in [0, 0.1) is 5.82 Å². The lowest BCUT2D eigenvalue weighted by atomic mass is 10.0. The molecule has 1 saturated heterocycles. The zero-order valence-electron chi connectivity index (χ0n) is 14.6. The summed E-state index contributed by atoms with van der Waals surface area (Å²) >= 11 is 0. The molecule has 0 spiro atoms. The number of methoxy groups -OCH3 is 2. The molecule has 2 aromatic rings. The van der Waals surface area contributed by atoms with E-state index in [0.717, 1.165) is 11.6 Å². The van der Waals surface area contributed by atoms with Crippen LogP contribution < -0.4 is 14.8 Å². The van der Waals surface area contributed by atoms with E-state index < -0.39 is 21.9 Å². The van der Waals surface area contributed by atoms with Gasteiger partial charge in [-0.25, -0.2) is 12.8 Å². The summed E-state index contributed by atoms with van der Waals surface area (Å²) in [6.45, 7) is 1.24. The second kappa shape index (κ2) is 7.61. The first kappa shape index (κ1) is 18.6. The van der Waals surface area contributed by atoms with Crippen LogP contribution in [0.1, 0.15) is 11.6 Å². The average Bonchev–Trinajstić information content (AvgIpc) is 2.67. The van der Waals surface area contributed by atoms with Crippen LogP contribution in [0.4, 0.5) is 4.39 Å². The lowest BCUT2D eigenvalue weighted by Crippen LogP contribution is -2.48. The van der Waals surface area contributed by atoms with Crippen LogP contribution >= 0.6 is 0 Å². The predicted octanol–water partition coefficient (Wildman–Crippen LogP) is 2.18. The van der Waals surface area contributed by atoms with E-state index in [4.69, 9.17) is 9.47 Å². The minimum Gasteiger partial charge on any atom is -0.496 e. The van der Waals surface area contributed by atoms with Crippen LogP contribution in [-0.2, 0) is 10.0 Å². The van der Waals surface area contributed by atoms with Crippen molar-refractivity contribution in [1.29, 1.82) is 0 Å². The summed E-state index contributed by atoms with van der Waals surface area (Å²) < 4.78 is 52.0. The Labute approximate surface area is 152 Å². The molecule has 0 radical (unpaired) electrons. The van der Waals surface area contributed by atoms with Gasteiger partial charge in [0.05, 0.1) is 25.2 Å². The molecule has 0 aromatic heterocycles. The largest absolute Gasteiger partial charge is 0.496 e. The van der Waals surface area contributed by atoms with Crippen molar-refractivity contribution in [3.8, 4) is 11.5 Å². The SMILES string of the molecule is COc1ccc(S(=O)(=O)N2CCNCC2c2ccccc2OC)cc1F. The number of hydrogen-bond donors (Lipinski definition) is 1. The number of rotatable bonds is 5. The lowest BCUT2D eigenvalue weighted by molar-refractivity contribution is 0.264. The Hall–Kier alpha value is -2.16. The van der Waals surface area contributed by atoms with Crippen molar-refractivity contribution in [2.75, 3.05) is 33.9 Å². The Morgan fingerprint density at radius 3 is 2.54 bits per heavy atom. The molecule has 1 heterocycles. The topological polar surface area (TPSA) is 67.9 Å². The number of benzene rings is 2. The van der Waals surface area contributed by atoms with Gasteiger partial charge in [0, 0.05) is 25.2 Å². The summed E-state index contributed by atoms with van der Waals surface area (Å²) in [4.78, 5) is -0.0994. The fourth-order valence-electron chi connectivity index (χ4n) is 3.12. The third-order valence-corrected chi connectivity index (χ3v) is 6.33. The Morgan fingerprint density at radius 1 is 1.12 bits per heavy atom. The number of nitrogens with zero attached hydrogens (tertiary/aromatic N) is 1. The van der Waals surface area contributed by atoms with Crippen molar-refractivity contribution in [3.63, 3.8) is 0 Å². The van der Waals surface area contributed by atoms with E-state index in [0.29, 0.717) is 18.8 Å². The second-order valence-corrected chi connectivity index (χ2v) is 7.76. The minimum atomic E-state index is -3.89. The van der Waals surface area contributed by atoms with E-state index in [-0.39, 0.29) is 17.2 Å². The summed E-state index contributed by atoms with van der Waals surface area (Å²) in [5.41, 5.74) is 0.764. The molecule has 1 fully saturated rings. The number of sulfonamides is 1. The molecule has 0 aliphatic carbocycles. The second-order valence-electron chi connectivity index (χ2n) is 5.87. The number of hydrogen-bond acceptors (Lipinski definition) is 5. The van der Waals surface area contributed by atoms with Gasteiger partial charge >= 0.3 is 0 Å². The summed E-state index contributed by atoms with van der Waals surface area (Å²) in [6, 6.07) is 10.5. The Balaban J connectivity index is 2.02. The molecule has 1 atom stereocenters. The monoisotopic (exact) mass is 380 g/mol. The highest BCUT2D eigenvalue weighted by atomic mass is 32.2. The van der Waals surface area contributed by atoms with Crippen molar-refractivity contribution in [2.24, 2.45) is 0 Å². The number of ether oxygens (including phenoxy) is 2. The number of nitrogens with one attached hydrogen (secondary N) is 1. The van der Waals surface area contributed by atoms with Crippen LogP contribution in [0.15, 0.2) is 47.4 Å². The number of halogens is 1. The first-order valence-corrected chi connectivity index (χ1v) is 9.62. The standard InChI is InChI=1S/C18H21FN2O4S/c1-24-17-6-4-3-5-14(17)16-12-20-9-10-21(16)26(22,23)13-7-8-18(25-2)15(19)11-13/h3-8,11,16,20H,9-10,12H2,1-2H3. The van der Waals surface area contributed by atoms with E-state index in [2.05, 4.69) is 5.32 Å². The molecule has 1 aliphatic rings. The summed E-state index contributed by atoms with van der Waals surface area (Å²) in [5.74, 6) is -0.0922. The maximum atomic E-state index is 14.0.